The molecule has 0 fully saturated rings. The monoisotopic (exact) mass is 245 g/mol. The Balaban J connectivity index is 2.30. The lowest BCUT2D eigenvalue weighted by Crippen LogP contribution is -2.35. The third kappa shape index (κ3) is 2.93. The highest BCUT2D eigenvalue weighted by atomic mass is 16.3. The summed E-state index contributed by atoms with van der Waals surface area (Å²) in [5.74, 6) is -0.161. The molecule has 0 saturated heterocycles. The van der Waals surface area contributed by atoms with E-state index in [2.05, 4.69) is 26.1 Å². The first-order chi connectivity index (χ1) is 8.35. The number of phenolic OH excluding ortho intramolecular Hbond substituents is 2. The first-order valence-corrected chi connectivity index (χ1v) is 6.05. The Morgan fingerprint density at radius 3 is 2.17 bits per heavy atom. The molecule has 0 aliphatic rings. The molecule has 2 aromatic rings. The van der Waals surface area contributed by atoms with Crippen molar-refractivity contribution in [1.82, 2.24) is 5.32 Å². The van der Waals surface area contributed by atoms with Gasteiger partial charge in [-0.15, -0.1) is 0 Å². The van der Waals surface area contributed by atoms with Gasteiger partial charge in [0, 0.05) is 12.1 Å². The molecule has 0 aromatic heterocycles. The molecular weight excluding hydrogens is 226 g/mol. The normalized spacial score (nSPS) is 11.9. The fourth-order valence-electron chi connectivity index (χ4n) is 1.80. The topological polar surface area (TPSA) is 52.5 Å². The molecule has 3 nitrogen and oxygen atoms in total. The standard InChI is InChI=1S/C15H19NO2/c1-15(2,3)16-9-10-4-5-11-7-13(17)14(18)8-12(11)6-10/h4-8,16-18H,9H2,1-3H3. The van der Waals surface area contributed by atoms with Gasteiger partial charge in [-0.3, -0.25) is 0 Å². The predicted octanol–water partition coefficient (Wildman–Crippen LogP) is 3.14. The predicted molar refractivity (Wildman–Crippen MR) is 73.9 cm³/mol. The fourth-order valence-corrected chi connectivity index (χ4v) is 1.80. The fraction of sp³-hybridized carbons (Fsp3) is 0.333. The summed E-state index contributed by atoms with van der Waals surface area (Å²) in [6.07, 6.45) is 0. The summed E-state index contributed by atoms with van der Waals surface area (Å²) in [7, 11) is 0. The molecule has 3 heteroatoms. The Labute approximate surface area is 107 Å². The quantitative estimate of drug-likeness (QED) is 0.712. The van der Waals surface area contributed by atoms with Crippen molar-refractivity contribution in [2.45, 2.75) is 32.9 Å². The van der Waals surface area contributed by atoms with Gasteiger partial charge in [0.15, 0.2) is 11.5 Å². The Morgan fingerprint density at radius 1 is 0.944 bits per heavy atom. The van der Waals surface area contributed by atoms with Crippen LogP contribution in [0.5, 0.6) is 11.5 Å². The van der Waals surface area contributed by atoms with E-state index in [0.717, 1.165) is 22.9 Å². The van der Waals surface area contributed by atoms with Crippen LogP contribution >= 0.6 is 0 Å². The van der Waals surface area contributed by atoms with E-state index in [4.69, 9.17) is 0 Å². The highest BCUT2D eigenvalue weighted by Gasteiger charge is 2.09. The van der Waals surface area contributed by atoms with Gasteiger partial charge >= 0.3 is 0 Å². The molecule has 0 spiro atoms. The molecule has 0 aliphatic heterocycles. The molecule has 2 aromatic carbocycles. The third-order valence-electron chi connectivity index (χ3n) is 2.82. The van der Waals surface area contributed by atoms with Gasteiger partial charge in [0.1, 0.15) is 0 Å². The van der Waals surface area contributed by atoms with Crippen LogP contribution in [-0.2, 0) is 6.54 Å². The number of nitrogens with one attached hydrogen (secondary N) is 1. The maximum atomic E-state index is 9.50. The number of aromatic hydroxyl groups is 2. The molecule has 18 heavy (non-hydrogen) atoms. The summed E-state index contributed by atoms with van der Waals surface area (Å²) in [5, 5.41) is 24.2. The molecular formula is C15H19NO2. The maximum absolute atomic E-state index is 9.50. The first-order valence-electron chi connectivity index (χ1n) is 6.05. The molecule has 2 rings (SSSR count). The van der Waals surface area contributed by atoms with Crippen LogP contribution in [0.15, 0.2) is 30.3 Å². The number of rotatable bonds is 2. The maximum Gasteiger partial charge on any atom is 0.158 e. The van der Waals surface area contributed by atoms with Gasteiger partial charge in [0.05, 0.1) is 0 Å². The summed E-state index contributed by atoms with van der Waals surface area (Å²) in [4.78, 5) is 0. The molecule has 0 aliphatic carbocycles. The minimum Gasteiger partial charge on any atom is -0.504 e. The summed E-state index contributed by atoms with van der Waals surface area (Å²) < 4.78 is 0. The van der Waals surface area contributed by atoms with Gasteiger partial charge in [0.25, 0.3) is 0 Å². The molecule has 0 bridgehead atoms. The lowest BCUT2D eigenvalue weighted by atomic mass is 10.0. The molecule has 0 radical (unpaired) electrons. The number of fused-ring (bicyclic) bond motifs is 1. The van der Waals surface area contributed by atoms with Crippen LogP contribution in [0, 0.1) is 0 Å². The van der Waals surface area contributed by atoms with Gasteiger partial charge in [-0.05, 0) is 55.3 Å². The van der Waals surface area contributed by atoms with Gasteiger partial charge < -0.3 is 15.5 Å². The van der Waals surface area contributed by atoms with Crippen LogP contribution in [0.25, 0.3) is 10.8 Å². The van der Waals surface area contributed by atoms with Crippen molar-refractivity contribution in [1.29, 1.82) is 0 Å². The Hall–Kier alpha value is -1.74. The van der Waals surface area contributed by atoms with Crippen molar-refractivity contribution >= 4 is 10.8 Å². The zero-order chi connectivity index (χ0) is 13.3. The van der Waals surface area contributed by atoms with E-state index in [-0.39, 0.29) is 17.0 Å². The number of hydrogen-bond donors (Lipinski definition) is 3. The Bertz CT molecular complexity index is 570. The van der Waals surface area contributed by atoms with Crippen LogP contribution in [0.4, 0.5) is 0 Å². The number of phenols is 2. The minimum absolute atomic E-state index is 0.0754. The third-order valence-corrected chi connectivity index (χ3v) is 2.82. The van der Waals surface area contributed by atoms with E-state index in [9.17, 15) is 10.2 Å². The van der Waals surface area contributed by atoms with Crippen LogP contribution in [0.1, 0.15) is 26.3 Å². The summed E-state index contributed by atoms with van der Waals surface area (Å²) in [6.45, 7) is 7.15. The van der Waals surface area contributed by atoms with E-state index in [0.29, 0.717) is 0 Å². The SMILES string of the molecule is CC(C)(C)NCc1ccc2cc(O)c(O)cc2c1. The largest absolute Gasteiger partial charge is 0.504 e. The van der Waals surface area contributed by atoms with E-state index in [1.165, 1.54) is 0 Å². The number of hydrogen-bond acceptors (Lipinski definition) is 3. The molecule has 0 heterocycles. The average molecular weight is 245 g/mol. The van der Waals surface area contributed by atoms with Gasteiger partial charge in [-0.25, -0.2) is 0 Å². The smallest absolute Gasteiger partial charge is 0.158 e. The van der Waals surface area contributed by atoms with E-state index in [1.807, 2.05) is 18.2 Å². The van der Waals surface area contributed by atoms with Gasteiger partial charge in [-0.2, -0.15) is 0 Å². The van der Waals surface area contributed by atoms with Crippen molar-refractivity contribution in [2.75, 3.05) is 0 Å². The molecule has 0 atom stereocenters. The highest BCUT2D eigenvalue weighted by molar-refractivity contribution is 5.86. The van der Waals surface area contributed by atoms with Crippen molar-refractivity contribution in [3.63, 3.8) is 0 Å². The summed E-state index contributed by atoms with van der Waals surface area (Å²) >= 11 is 0. The Morgan fingerprint density at radius 2 is 1.56 bits per heavy atom. The molecule has 0 saturated carbocycles. The molecule has 3 N–H and O–H groups in total. The highest BCUT2D eigenvalue weighted by Crippen LogP contribution is 2.30. The van der Waals surface area contributed by atoms with E-state index < -0.39 is 0 Å². The van der Waals surface area contributed by atoms with Crippen molar-refractivity contribution < 1.29 is 10.2 Å². The number of benzene rings is 2. The van der Waals surface area contributed by atoms with E-state index >= 15 is 0 Å². The van der Waals surface area contributed by atoms with Crippen molar-refractivity contribution in [3.8, 4) is 11.5 Å². The molecule has 0 unspecified atom stereocenters. The zero-order valence-corrected chi connectivity index (χ0v) is 11.0. The van der Waals surface area contributed by atoms with Crippen molar-refractivity contribution in [2.24, 2.45) is 0 Å². The van der Waals surface area contributed by atoms with Crippen LogP contribution in [0.2, 0.25) is 0 Å². The molecule has 96 valence electrons. The minimum atomic E-state index is -0.0805. The summed E-state index contributed by atoms with van der Waals surface area (Å²) in [6, 6.07) is 9.16. The second kappa shape index (κ2) is 4.50. The van der Waals surface area contributed by atoms with E-state index in [1.54, 1.807) is 12.1 Å². The lowest BCUT2D eigenvalue weighted by molar-refractivity contribution is 0.405. The second-order valence-corrected chi connectivity index (χ2v) is 5.63. The van der Waals surface area contributed by atoms with Crippen LogP contribution < -0.4 is 5.32 Å². The van der Waals surface area contributed by atoms with Gasteiger partial charge in [-0.1, -0.05) is 12.1 Å². The first kappa shape index (κ1) is 12.7. The Kier molecular flexibility index (Phi) is 3.18. The zero-order valence-electron chi connectivity index (χ0n) is 11.0. The van der Waals surface area contributed by atoms with Crippen molar-refractivity contribution in [3.05, 3.63) is 35.9 Å². The summed E-state index contributed by atoms with van der Waals surface area (Å²) in [5.41, 5.74) is 1.23. The van der Waals surface area contributed by atoms with Crippen LogP contribution in [0.3, 0.4) is 0 Å². The lowest BCUT2D eigenvalue weighted by Gasteiger charge is -2.20. The second-order valence-electron chi connectivity index (χ2n) is 5.63. The average Bonchev–Trinajstić information content (AvgIpc) is 2.27. The van der Waals surface area contributed by atoms with Crippen LogP contribution in [-0.4, -0.2) is 15.8 Å². The van der Waals surface area contributed by atoms with Gasteiger partial charge in [0.2, 0.25) is 0 Å². The molecule has 0 amide bonds.